The maximum Gasteiger partial charge on any atom is 0.416 e. The Morgan fingerprint density at radius 3 is 2.50 bits per heavy atom. The minimum atomic E-state index is -4.53. The summed E-state index contributed by atoms with van der Waals surface area (Å²) in [7, 11) is -4.05. The van der Waals surface area contributed by atoms with Crippen molar-refractivity contribution in [2.24, 2.45) is 0 Å². The monoisotopic (exact) mass is 406 g/mol. The molecule has 0 amide bonds. The maximum atomic E-state index is 13.4. The number of sulfonamides is 1. The van der Waals surface area contributed by atoms with Gasteiger partial charge in [0, 0.05) is 30.1 Å². The number of hydrogen-bond acceptors (Lipinski definition) is 4. The van der Waals surface area contributed by atoms with Gasteiger partial charge in [0.1, 0.15) is 0 Å². The van der Waals surface area contributed by atoms with Crippen molar-refractivity contribution < 1.29 is 21.6 Å². The quantitative estimate of drug-likeness (QED) is 0.709. The minimum Gasteiger partial charge on any atom is -0.282 e. The van der Waals surface area contributed by atoms with Crippen molar-refractivity contribution in [1.29, 1.82) is 0 Å². The van der Waals surface area contributed by atoms with Crippen LogP contribution in [0, 0.1) is 0 Å². The van der Waals surface area contributed by atoms with Crippen LogP contribution in [0.5, 0.6) is 0 Å². The summed E-state index contributed by atoms with van der Waals surface area (Å²) < 4.78 is 66.7. The molecule has 0 fully saturated rings. The van der Waals surface area contributed by atoms with Crippen LogP contribution in [0.1, 0.15) is 40.0 Å². The van der Waals surface area contributed by atoms with Crippen molar-refractivity contribution in [3.63, 3.8) is 0 Å². The van der Waals surface area contributed by atoms with E-state index < -0.39 is 33.8 Å². The first-order valence-electron chi connectivity index (χ1n) is 8.45. The van der Waals surface area contributed by atoms with Gasteiger partial charge >= 0.3 is 6.18 Å². The van der Waals surface area contributed by atoms with Crippen LogP contribution in [-0.4, -0.2) is 27.9 Å². The number of hydrogen-bond donors (Lipinski definition) is 1. The molecule has 2 aliphatic rings. The fourth-order valence-corrected chi connectivity index (χ4v) is 5.82. The van der Waals surface area contributed by atoms with Crippen LogP contribution in [-0.2, 0) is 22.6 Å². The van der Waals surface area contributed by atoms with Crippen molar-refractivity contribution in [2.75, 3.05) is 0 Å². The average Bonchev–Trinajstić information content (AvgIpc) is 3.23. The van der Waals surface area contributed by atoms with Crippen LogP contribution in [0.3, 0.4) is 0 Å². The first kappa shape index (κ1) is 17.4. The zero-order valence-corrected chi connectivity index (χ0v) is 15.0. The standard InChI is InChI=1S/C18H13F3N4O2S/c19-18(20,21)10-1-3-11(4-2-10)28(26,27)25-16-7-15-14(9-23-24-15)17(25)13-8-22-6-5-12(13)16/h1-6,8-9,16-17H,7H2,(H,23,24). The van der Waals surface area contributed by atoms with Gasteiger partial charge in [-0.25, -0.2) is 8.42 Å². The van der Waals surface area contributed by atoms with Gasteiger partial charge in [0.05, 0.1) is 28.7 Å². The molecule has 0 aliphatic carbocycles. The summed E-state index contributed by atoms with van der Waals surface area (Å²) in [5.74, 6) is 0. The van der Waals surface area contributed by atoms with E-state index in [2.05, 4.69) is 15.2 Å². The van der Waals surface area contributed by atoms with E-state index in [4.69, 9.17) is 0 Å². The first-order valence-corrected chi connectivity index (χ1v) is 9.89. The summed E-state index contributed by atoms with van der Waals surface area (Å²) >= 11 is 0. The second kappa shape index (κ2) is 5.65. The predicted molar refractivity (Wildman–Crippen MR) is 91.6 cm³/mol. The van der Waals surface area contributed by atoms with E-state index in [0.717, 1.165) is 46.6 Å². The molecule has 144 valence electrons. The molecule has 10 heteroatoms. The number of halogens is 3. The van der Waals surface area contributed by atoms with Crippen LogP contribution in [0.2, 0.25) is 0 Å². The highest BCUT2D eigenvalue weighted by atomic mass is 32.2. The van der Waals surface area contributed by atoms with Gasteiger partial charge in [-0.1, -0.05) is 0 Å². The molecule has 2 bridgehead atoms. The number of aromatic amines is 1. The van der Waals surface area contributed by atoms with Crippen LogP contribution < -0.4 is 0 Å². The topological polar surface area (TPSA) is 79.0 Å². The van der Waals surface area contributed by atoms with Gasteiger partial charge in [-0.2, -0.15) is 22.6 Å². The molecule has 2 aliphatic heterocycles. The lowest BCUT2D eigenvalue weighted by atomic mass is 10.0. The fraction of sp³-hybridized carbons (Fsp3) is 0.222. The molecule has 1 aromatic carbocycles. The summed E-state index contributed by atoms with van der Waals surface area (Å²) in [4.78, 5) is 3.95. The number of nitrogens with zero attached hydrogens (tertiary/aromatic N) is 3. The summed E-state index contributed by atoms with van der Waals surface area (Å²) in [5, 5.41) is 6.94. The van der Waals surface area contributed by atoms with Crippen molar-refractivity contribution in [1.82, 2.24) is 19.5 Å². The summed E-state index contributed by atoms with van der Waals surface area (Å²) in [6.45, 7) is 0. The lowest BCUT2D eigenvalue weighted by Gasteiger charge is -2.33. The summed E-state index contributed by atoms with van der Waals surface area (Å²) in [5.41, 5.74) is 2.31. The Morgan fingerprint density at radius 1 is 1.04 bits per heavy atom. The van der Waals surface area contributed by atoms with Crippen LogP contribution >= 0.6 is 0 Å². The second-order valence-electron chi connectivity index (χ2n) is 6.79. The Morgan fingerprint density at radius 2 is 1.79 bits per heavy atom. The van der Waals surface area contributed by atoms with Gasteiger partial charge in [0.15, 0.2) is 0 Å². The molecule has 0 saturated heterocycles. The van der Waals surface area contributed by atoms with E-state index in [1.54, 1.807) is 24.7 Å². The molecule has 28 heavy (non-hydrogen) atoms. The molecular formula is C18H13F3N4O2S. The first-order chi connectivity index (χ1) is 13.3. The second-order valence-corrected chi connectivity index (χ2v) is 8.63. The van der Waals surface area contributed by atoms with Crippen molar-refractivity contribution in [2.45, 2.75) is 29.6 Å². The molecular weight excluding hydrogens is 393 g/mol. The molecule has 2 aromatic heterocycles. The molecule has 0 saturated carbocycles. The minimum absolute atomic E-state index is 0.178. The predicted octanol–water partition coefficient (Wildman–Crippen LogP) is 3.21. The molecule has 4 heterocycles. The van der Waals surface area contributed by atoms with Crippen molar-refractivity contribution in [3.8, 4) is 0 Å². The Balaban J connectivity index is 1.63. The van der Waals surface area contributed by atoms with Crippen LogP contribution in [0.25, 0.3) is 0 Å². The van der Waals surface area contributed by atoms with Crippen LogP contribution in [0.4, 0.5) is 13.2 Å². The summed E-state index contributed by atoms with van der Waals surface area (Å²) in [6, 6.07) is 4.30. The number of pyridine rings is 1. The van der Waals surface area contributed by atoms with Gasteiger partial charge in [-0.15, -0.1) is 0 Å². The number of H-pyrrole nitrogens is 1. The van der Waals surface area contributed by atoms with Gasteiger partial charge in [0.2, 0.25) is 10.0 Å². The van der Waals surface area contributed by atoms with E-state index in [0.29, 0.717) is 6.42 Å². The smallest absolute Gasteiger partial charge is 0.282 e. The third-order valence-electron chi connectivity index (χ3n) is 5.30. The highest BCUT2D eigenvalue weighted by Crippen LogP contribution is 2.53. The Labute approximate surface area is 158 Å². The number of fused-ring (bicyclic) bond motifs is 7. The van der Waals surface area contributed by atoms with Gasteiger partial charge in [-0.05, 0) is 41.5 Å². The molecule has 3 aromatic rings. The van der Waals surface area contributed by atoms with E-state index in [-0.39, 0.29) is 4.90 Å². The van der Waals surface area contributed by atoms with Crippen molar-refractivity contribution in [3.05, 3.63) is 76.9 Å². The molecule has 0 radical (unpaired) electrons. The third-order valence-corrected chi connectivity index (χ3v) is 7.19. The van der Waals surface area contributed by atoms with Gasteiger partial charge in [-0.3, -0.25) is 10.1 Å². The number of nitrogens with one attached hydrogen (secondary N) is 1. The Bertz CT molecular complexity index is 1170. The molecule has 5 rings (SSSR count). The SMILES string of the molecule is O=S(=O)(c1ccc(C(F)(F)F)cc1)N1C2Cc3[nH]ncc3C1c1cnccc12. The van der Waals surface area contributed by atoms with E-state index in [1.807, 2.05) is 0 Å². The number of alkyl halides is 3. The van der Waals surface area contributed by atoms with E-state index in [1.165, 1.54) is 4.31 Å². The number of benzene rings is 1. The molecule has 6 nitrogen and oxygen atoms in total. The molecule has 1 N–H and O–H groups in total. The molecule has 2 unspecified atom stereocenters. The zero-order valence-electron chi connectivity index (χ0n) is 14.2. The molecule has 2 atom stereocenters. The average molecular weight is 406 g/mol. The lowest BCUT2D eigenvalue weighted by molar-refractivity contribution is -0.137. The number of aromatic nitrogens is 3. The Kier molecular flexibility index (Phi) is 3.50. The van der Waals surface area contributed by atoms with Crippen molar-refractivity contribution >= 4 is 10.0 Å². The fourth-order valence-electron chi connectivity index (χ4n) is 4.07. The normalized spacial score (nSPS) is 21.4. The highest BCUT2D eigenvalue weighted by molar-refractivity contribution is 7.89. The largest absolute Gasteiger partial charge is 0.416 e. The zero-order chi connectivity index (χ0) is 19.7. The highest BCUT2D eigenvalue weighted by Gasteiger charge is 2.51. The third kappa shape index (κ3) is 2.34. The number of rotatable bonds is 2. The van der Waals surface area contributed by atoms with E-state index >= 15 is 0 Å². The van der Waals surface area contributed by atoms with Gasteiger partial charge in [0.25, 0.3) is 0 Å². The van der Waals surface area contributed by atoms with Gasteiger partial charge < -0.3 is 0 Å². The van der Waals surface area contributed by atoms with E-state index in [9.17, 15) is 21.6 Å². The molecule has 0 spiro atoms. The maximum absolute atomic E-state index is 13.4. The lowest BCUT2D eigenvalue weighted by Crippen LogP contribution is -2.37. The summed E-state index contributed by atoms with van der Waals surface area (Å²) in [6.07, 6.45) is 0.711. The van der Waals surface area contributed by atoms with Crippen LogP contribution in [0.15, 0.2) is 53.8 Å². The Hall–Kier alpha value is -2.72.